The topological polar surface area (TPSA) is 70.5 Å². The largest absolute Gasteiger partial charge is 0.507 e. The lowest BCUT2D eigenvalue weighted by atomic mass is 9.95. The molecule has 0 saturated carbocycles. The van der Waals surface area contributed by atoms with E-state index in [1.165, 1.54) is 41.7 Å². The summed E-state index contributed by atoms with van der Waals surface area (Å²) in [5.74, 6) is -3.58. The van der Waals surface area contributed by atoms with Crippen LogP contribution in [0.2, 0.25) is 0 Å². The number of aryl methyl sites for hydroxylation is 1. The molecule has 1 fully saturated rings. The summed E-state index contributed by atoms with van der Waals surface area (Å²) < 4.78 is 29.1. The number of carbonyl (C=O) groups is 2. The summed E-state index contributed by atoms with van der Waals surface area (Å²) in [6.45, 7) is 1.92. The molecule has 0 aliphatic carbocycles. The van der Waals surface area contributed by atoms with Crippen LogP contribution in [0.3, 0.4) is 0 Å². The average molecular weight is 462 g/mol. The maximum Gasteiger partial charge on any atom is 0.301 e. The number of aromatic nitrogens is 1. The second kappa shape index (κ2) is 7.90. The third-order valence-corrected chi connectivity index (χ3v) is 6.52. The first-order chi connectivity index (χ1) is 15.8. The molecule has 33 heavy (non-hydrogen) atoms. The third kappa shape index (κ3) is 3.48. The maximum absolute atomic E-state index is 14.9. The predicted octanol–water partition coefficient (Wildman–Crippen LogP) is 5.51. The van der Waals surface area contributed by atoms with Crippen molar-refractivity contribution in [3.05, 3.63) is 101 Å². The quantitative estimate of drug-likeness (QED) is 0.248. The Morgan fingerprint density at radius 3 is 2.48 bits per heavy atom. The van der Waals surface area contributed by atoms with Gasteiger partial charge in [0.25, 0.3) is 5.78 Å². The van der Waals surface area contributed by atoms with Crippen LogP contribution in [0.25, 0.3) is 16.0 Å². The lowest BCUT2D eigenvalue weighted by Gasteiger charge is -2.23. The van der Waals surface area contributed by atoms with Gasteiger partial charge in [-0.25, -0.2) is 13.8 Å². The van der Waals surface area contributed by atoms with Crippen LogP contribution < -0.4 is 4.90 Å². The van der Waals surface area contributed by atoms with E-state index in [9.17, 15) is 23.5 Å². The van der Waals surface area contributed by atoms with E-state index in [-0.39, 0.29) is 21.8 Å². The number of anilines is 1. The SMILES string of the molecule is Cc1ccc2nc(N3C(=O)C(=O)/C(=C(/O)c4ccc(F)cc4)[C@@H]3c3ccccc3F)sc2c1. The van der Waals surface area contributed by atoms with E-state index in [0.717, 1.165) is 27.3 Å². The maximum atomic E-state index is 14.9. The minimum atomic E-state index is -1.24. The molecular formula is C25H16F2N2O3S. The summed E-state index contributed by atoms with van der Waals surface area (Å²) in [7, 11) is 0. The molecule has 8 heteroatoms. The van der Waals surface area contributed by atoms with Crippen LogP contribution >= 0.6 is 11.3 Å². The van der Waals surface area contributed by atoms with Crippen molar-refractivity contribution < 1.29 is 23.5 Å². The van der Waals surface area contributed by atoms with Crippen molar-refractivity contribution in [3.8, 4) is 0 Å². The molecule has 164 valence electrons. The van der Waals surface area contributed by atoms with E-state index in [4.69, 9.17) is 0 Å². The monoisotopic (exact) mass is 462 g/mol. The van der Waals surface area contributed by atoms with Gasteiger partial charge in [-0.15, -0.1) is 0 Å². The Kier molecular flexibility index (Phi) is 5.02. The highest BCUT2D eigenvalue weighted by atomic mass is 32.1. The molecule has 0 spiro atoms. The Bertz CT molecular complexity index is 1460. The van der Waals surface area contributed by atoms with Gasteiger partial charge in [0.15, 0.2) is 5.13 Å². The standard InChI is InChI=1S/C25H16F2N2O3S/c1-13-6-11-18-19(12-13)33-25(28-18)29-21(16-4-2-3-5-17(16)27)20(23(31)24(29)32)22(30)14-7-9-15(26)10-8-14/h2-12,21,30H,1H3/b22-20+/t21-/m0/s1. The first kappa shape index (κ1) is 21.0. The molecule has 4 aromatic rings. The van der Waals surface area contributed by atoms with Crippen molar-refractivity contribution in [2.24, 2.45) is 0 Å². The number of benzene rings is 3. The highest BCUT2D eigenvalue weighted by Crippen LogP contribution is 2.44. The molecule has 1 N–H and O–H groups in total. The van der Waals surface area contributed by atoms with Gasteiger partial charge in [-0.1, -0.05) is 35.6 Å². The van der Waals surface area contributed by atoms with Crippen molar-refractivity contribution in [2.75, 3.05) is 4.90 Å². The number of rotatable bonds is 3. The fourth-order valence-electron chi connectivity index (χ4n) is 3.91. The van der Waals surface area contributed by atoms with Crippen LogP contribution in [0.5, 0.6) is 0 Å². The van der Waals surface area contributed by atoms with E-state index in [2.05, 4.69) is 4.98 Å². The van der Waals surface area contributed by atoms with Crippen LogP contribution in [0.4, 0.5) is 13.9 Å². The number of aliphatic hydroxyl groups excluding tert-OH is 1. The van der Waals surface area contributed by atoms with Crippen molar-refractivity contribution in [1.29, 1.82) is 0 Å². The van der Waals surface area contributed by atoms with Gasteiger partial charge < -0.3 is 5.11 Å². The molecule has 1 aliphatic heterocycles. The number of aliphatic hydroxyl groups is 1. The first-order valence-corrected chi connectivity index (χ1v) is 10.9. The Hall–Kier alpha value is -3.91. The zero-order chi connectivity index (χ0) is 23.3. The van der Waals surface area contributed by atoms with Gasteiger partial charge in [0, 0.05) is 11.1 Å². The van der Waals surface area contributed by atoms with E-state index < -0.39 is 35.1 Å². The molecular weight excluding hydrogens is 446 g/mol. The van der Waals surface area contributed by atoms with Gasteiger partial charge in [-0.3, -0.25) is 14.5 Å². The Balaban J connectivity index is 1.75. The Morgan fingerprint density at radius 2 is 1.76 bits per heavy atom. The number of nitrogens with zero attached hydrogens (tertiary/aromatic N) is 2. The second-order valence-electron chi connectivity index (χ2n) is 7.67. The molecule has 0 bridgehead atoms. The molecule has 0 radical (unpaired) electrons. The highest BCUT2D eigenvalue weighted by Gasteiger charge is 2.49. The van der Waals surface area contributed by atoms with Gasteiger partial charge in [0.1, 0.15) is 23.4 Å². The second-order valence-corrected chi connectivity index (χ2v) is 8.67. The van der Waals surface area contributed by atoms with Crippen molar-refractivity contribution in [2.45, 2.75) is 13.0 Å². The summed E-state index contributed by atoms with van der Waals surface area (Å²) in [5, 5.41) is 11.2. The number of hydrogen-bond donors (Lipinski definition) is 1. The molecule has 0 unspecified atom stereocenters. The minimum Gasteiger partial charge on any atom is -0.507 e. The number of carbonyl (C=O) groups excluding carboxylic acids is 2. The summed E-state index contributed by atoms with van der Waals surface area (Å²) >= 11 is 1.20. The van der Waals surface area contributed by atoms with E-state index in [0.29, 0.717) is 5.52 Å². The number of Topliss-reactive ketones (excluding diaryl/α,β-unsaturated/α-hetero) is 1. The molecule has 3 aromatic carbocycles. The van der Waals surface area contributed by atoms with Gasteiger partial charge in [-0.05, 0) is 55.0 Å². The fraction of sp³-hybridized carbons (Fsp3) is 0.0800. The Labute approximate surface area is 191 Å². The molecule has 1 atom stereocenters. The predicted molar refractivity (Wildman–Crippen MR) is 122 cm³/mol. The zero-order valence-corrected chi connectivity index (χ0v) is 18.1. The molecule has 1 aromatic heterocycles. The molecule has 5 rings (SSSR count). The van der Waals surface area contributed by atoms with E-state index in [1.54, 1.807) is 12.1 Å². The molecule has 2 heterocycles. The van der Waals surface area contributed by atoms with E-state index in [1.807, 2.05) is 19.1 Å². The number of ketones is 1. The average Bonchev–Trinajstić information content (AvgIpc) is 3.32. The van der Waals surface area contributed by atoms with Gasteiger partial charge in [-0.2, -0.15) is 0 Å². The summed E-state index contributed by atoms with van der Waals surface area (Å²) in [6.07, 6.45) is 0. The summed E-state index contributed by atoms with van der Waals surface area (Å²) in [5.41, 5.74) is 1.52. The zero-order valence-electron chi connectivity index (χ0n) is 17.3. The lowest BCUT2D eigenvalue weighted by Crippen LogP contribution is -2.29. The van der Waals surface area contributed by atoms with Crippen molar-refractivity contribution in [1.82, 2.24) is 4.98 Å². The van der Waals surface area contributed by atoms with Crippen LogP contribution in [0, 0.1) is 18.6 Å². The minimum absolute atomic E-state index is 0.0378. The fourth-order valence-corrected chi connectivity index (χ4v) is 5.00. The lowest BCUT2D eigenvalue weighted by molar-refractivity contribution is -0.132. The van der Waals surface area contributed by atoms with Gasteiger partial charge in [0.05, 0.1) is 15.8 Å². The molecule has 1 amide bonds. The summed E-state index contributed by atoms with van der Waals surface area (Å²) in [6, 6.07) is 14.9. The van der Waals surface area contributed by atoms with Crippen LogP contribution in [-0.4, -0.2) is 21.8 Å². The molecule has 1 saturated heterocycles. The van der Waals surface area contributed by atoms with Crippen LogP contribution in [0.15, 0.2) is 72.3 Å². The highest BCUT2D eigenvalue weighted by molar-refractivity contribution is 7.22. The number of hydrogen-bond acceptors (Lipinski definition) is 5. The smallest absolute Gasteiger partial charge is 0.301 e. The number of amides is 1. The third-order valence-electron chi connectivity index (χ3n) is 5.50. The number of thiazole rings is 1. The van der Waals surface area contributed by atoms with Crippen LogP contribution in [-0.2, 0) is 9.59 Å². The molecule has 1 aliphatic rings. The van der Waals surface area contributed by atoms with E-state index >= 15 is 0 Å². The Morgan fingerprint density at radius 1 is 1.03 bits per heavy atom. The van der Waals surface area contributed by atoms with Crippen molar-refractivity contribution >= 4 is 44.1 Å². The van der Waals surface area contributed by atoms with Gasteiger partial charge in [0.2, 0.25) is 0 Å². The van der Waals surface area contributed by atoms with Crippen LogP contribution in [0.1, 0.15) is 22.7 Å². The summed E-state index contributed by atoms with van der Waals surface area (Å²) in [4.78, 5) is 31.9. The first-order valence-electron chi connectivity index (χ1n) is 10.0. The van der Waals surface area contributed by atoms with Gasteiger partial charge >= 0.3 is 5.91 Å². The number of fused-ring (bicyclic) bond motifs is 1. The normalized spacial score (nSPS) is 17.8. The molecule has 5 nitrogen and oxygen atoms in total. The van der Waals surface area contributed by atoms with Crippen molar-refractivity contribution in [3.63, 3.8) is 0 Å². The number of halogens is 2.